The fourth-order valence-corrected chi connectivity index (χ4v) is 2.05. The maximum atomic E-state index is 12.1. The number of carboxylic acids is 1. The zero-order valence-electron chi connectivity index (χ0n) is 11.8. The molecule has 1 aromatic heterocycles. The molecule has 2 rings (SSSR count). The van der Waals surface area contributed by atoms with Gasteiger partial charge in [-0.25, -0.2) is 4.79 Å². The monoisotopic (exact) mass is 294 g/mol. The summed E-state index contributed by atoms with van der Waals surface area (Å²) >= 11 is 0. The van der Waals surface area contributed by atoms with E-state index in [1.165, 1.54) is 6.07 Å². The Morgan fingerprint density at radius 1 is 1.48 bits per heavy atom. The van der Waals surface area contributed by atoms with Crippen molar-refractivity contribution < 1.29 is 19.4 Å². The highest BCUT2D eigenvalue weighted by atomic mass is 16.5. The van der Waals surface area contributed by atoms with Crippen LogP contribution in [0.5, 0.6) is 0 Å². The number of ether oxygens (including phenoxy) is 1. The predicted octanol–water partition coefficient (Wildman–Crippen LogP) is -0.0938. The highest BCUT2D eigenvalue weighted by molar-refractivity contribution is 5.86. The van der Waals surface area contributed by atoms with Gasteiger partial charge >= 0.3 is 5.97 Å². The number of carbonyl (C=O) groups excluding carboxylic acids is 1. The Hall–Kier alpha value is -2.22. The van der Waals surface area contributed by atoms with Gasteiger partial charge in [0, 0.05) is 13.1 Å². The van der Waals surface area contributed by atoms with Crippen molar-refractivity contribution in [1.82, 2.24) is 15.5 Å². The highest BCUT2D eigenvalue weighted by Gasteiger charge is 2.30. The Balaban J connectivity index is 2.14. The van der Waals surface area contributed by atoms with Crippen LogP contribution in [0, 0.1) is 0 Å². The third kappa shape index (κ3) is 3.66. The van der Waals surface area contributed by atoms with E-state index in [1.807, 2.05) is 6.92 Å². The van der Waals surface area contributed by atoms with E-state index in [1.54, 1.807) is 11.0 Å². The van der Waals surface area contributed by atoms with E-state index in [2.05, 4.69) is 15.5 Å². The van der Waals surface area contributed by atoms with Gasteiger partial charge in [-0.3, -0.25) is 4.79 Å². The van der Waals surface area contributed by atoms with Crippen molar-refractivity contribution in [2.24, 2.45) is 0 Å². The van der Waals surface area contributed by atoms with Gasteiger partial charge in [0.15, 0.2) is 11.5 Å². The summed E-state index contributed by atoms with van der Waals surface area (Å²) < 4.78 is 5.35. The van der Waals surface area contributed by atoms with Crippen LogP contribution in [0.2, 0.25) is 0 Å². The first-order valence-electron chi connectivity index (χ1n) is 6.82. The molecule has 21 heavy (non-hydrogen) atoms. The van der Waals surface area contributed by atoms with Gasteiger partial charge in [-0.2, -0.15) is 0 Å². The molecule has 1 aliphatic rings. The Morgan fingerprint density at radius 2 is 2.29 bits per heavy atom. The topological polar surface area (TPSA) is 105 Å². The lowest BCUT2D eigenvalue weighted by Gasteiger charge is -2.35. The molecule has 1 aromatic rings. The number of carboxylic acid groups (broad SMARTS) is 1. The smallest absolute Gasteiger partial charge is 0.356 e. The summed E-state index contributed by atoms with van der Waals surface area (Å²) in [5.41, 5.74) is -0.126. The number of amides is 1. The molecule has 114 valence electrons. The maximum absolute atomic E-state index is 12.1. The van der Waals surface area contributed by atoms with Gasteiger partial charge in [0.1, 0.15) is 6.04 Å². The van der Waals surface area contributed by atoms with Crippen LogP contribution in [0.1, 0.15) is 23.8 Å². The van der Waals surface area contributed by atoms with Crippen LogP contribution in [0.15, 0.2) is 12.1 Å². The first-order valence-corrected chi connectivity index (χ1v) is 6.82. The van der Waals surface area contributed by atoms with Gasteiger partial charge in [-0.05, 0) is 18.6 Å². The van der Waals surface area contributed by atoms with E-state index in [9.17, 15) is 9.59 Å². The quantitative estimate of drug-likeness (QED) is 0.781. The molecule has 0 saturated carbocycles. The molecule has 1 fully saturated rings. The van der Waals surface area contributed by atoms with E-state index in [0.29, 0.717) is 25.5 Å². The molecule has 8 heteroatoms. The fourth-order valence-electron chi connectivity index (χ4n) is 2.05. The Morgan fingerprint density at radius 3 is 2.90 bits per heavy atom. The molecule has 1 aliphatic heterocycles. The summed E-state index contributed by atoms with van der Waals surface area (Å²) in [6.45, 7) is 3.85. The van der Waals surface area contributed by atoms with Gasteiger partial charge in [-0.15, -0.1) is 10.2 Å². The molecule has 0 aliphatic carbocycles. The number of aromatic carboxylic acids is 1. The molecule has 1 atom stereocenters. The highest BCUT2D eigenvalue weighted by Crippen LogP contribution is 2.17. The van der Waals surface area contributed by atoms with Crippen LogP contribution in [-0.2, 0) is 9.53 Å². The molecule has 1 amide bonds. The molecule has 0 bridgehead atoms. The summed E-state index contributed by atoms with van der Waals surface area (Å²) in [6.07, 6.45) is 0.854. The van der Waals surface area contributed by atoms with E-state index in [-0.39, 0.29) is 18.2 Å². The van der Waals surface area contributed by atoms with E-state index in [4.69, 9.17) is 9.84 Å². The molecule has 1 saturated heterocycles. The fraction of sp³-hybridized carbons (Fsp3) is 0.538. The summed E-state index contributed by atoms with van der Waals surface area (Å²) in [5, 5.41) is 19.2. The van der Waals surface area contributed by atoms with Crippen molar-refractivity contribution in [3.63, 3.8) is 0 Å². The van der Waals surface area contributed by atoms with E-state index in [0.717, 1.165) is 6.42 Å². The average molecular weight is 294 g/mol. The van der Waals surface area contributed by atoms with Crippen LogP contribution in [0.25, 0.3) is 0 Å². The second-order valence-corrected chi connectivity index (χ2v) is 4.66. The molecule has 2 heterocycles. The number of morpholine rings is 1. The van der Waals surface area contributed by atoms with Crippen LogP contribution in [-0.4, -0.2) is 59.5 Å². The lowest BCUT2D eigenvalue weighted by Crippen LogP contribution is -2.54. The van der Waals surface area contributed by atoms with Crippen LogP contribution < -0.4 is 10.2 Å². The van der Waals surface area contributed by atoms with Crippen molar-refractivity contribution in [1.29, 1.82) is 0 Å². The van der Waals surface area contributed by atoms with Gasteiger partial charge < -0.3 is 20.1 Å². The molecule has 0 aromatic carbocycles. The van der Waals surface area contributed by atoms with Gasteiger partial charge in [0.2, 0.25) is 5.91 Å². The third-order valence-corrected chi connectivity index (χ3v) is 3.14. The Bertz CT molecular complexity index is 505. The Kier molecular flexibility index (Phi) is 5.04. The molecular weight excluding hydrogens is 276 g/mol. The number of nitrogens with one attached hydrogen (secondary N) is 1. The lowest BCUT2D eigenvalue weighted by atomic mass is 10.2. The molecular formula is C13H18N4O4. The minimum atomic E-state index is -1.13. The van der Waals surface area contributed by atoms with Crippen LogP contribution in [0.3, 0.4) is 0 Å². The van der Waals surface area contributed by atoms with Crippen molar-refractivity contribution >= 4 is 17.7 Å². The SMILES string of the molecule is CCCNC(=O)C1COCCN1c1ccc(C(=O)O)nn1. The third-order valence-electron chi connectivity index (χ3n) is 3.14. The number of rotatable bonds is 5. The minimum Gasteiger partial charge on any atom is -0.476 e. The molecule has 0 spiro atoms. The number of nitrogens with zero attached hydrogens (tertiary/aromatic N) is 3. The van der Waals surface area contributed by atoms with E-state index >= 15 is 0 Å². The zero-order valence-corrected chi connectivity index (χ0v) is 11.8. The summed E-state index contributed by atoms with van der Waals surface area (Å²) in [6, 6.07) is 2.46. The zero-order chi connectivity index (χ0) is 15.2. The second kappa shape index (κ2) is 6.98. The van der Waals surface area contributed by atoms with Gasteiger partial charge in [-0.1, -0.05) is 6.92 Å². The molecule has 2 N–H and O–H groups in total. The van der Waals surface area contributed by atoms with Crippen molar-refractivity contribution in [2.45, 2.75) is 19.4 Å². The lowest BCUT2D eigenvalue weighted by molar-refractivity contribution is -0.124. The summed E-state index contributed by atoms with van der Waals surface area (Å²) in [5.74, 6) is -0.783. The average Bonchev–Trinajstić information content (AvgIpc) is 2.52. The predicted molar refractivity (Wildman–Crippen MR) is 74.2 cm³/mol. The number of carbonyl (C=O) groups is 2. The van der Waals surface area contributed by atoms with E-state index < -0.39 is 12.0 Å². The minimum absolute atomic E-state index is 0.124. The largest absolute Gasteiger partial charge is 0.476 e. The number of anilines is 1. The standard InChI is InChI=1S/C13H18N4O4/c1-2-5-14-12(18)10-8-21-7-6-17(10)11-4-3-9(13(19)20)15-16-11/h3-4,10H,2,5-8H2,1H3,(H,14,18)(H,19,20). The number of hydrogen-bond donors (Lipinski definition) is 2. The normalized spacial score (nSPS) is 18.3. The molecule has 0 radical (unpaired) electrons. The van der Waals surface area contributed by atoms with Gasteiger partial charge in [0.05, 0.1) is 13.2 Å². The van der Waals surface area contributed by atoms with Gasteiger partial charge in [0.25, 0.3) is 0 Å². The first kappa shape index (κ1) is 15.2. The summed E-state index contributed by atoms with van der Waals surface area (Å²) in [7, 11) is 0. The second-order valence-electron chi connectivity index (χ2n) is 4.66. The Labute approximate surface area is 122 Å². The van der Waals surface area contributed by atoms with Crippen molar-refractivity contribution in [3.05, 3.63) is 17.8 Å². The molecule has 1 unspecified atom stereocenters. The maximum Gasteiger partial charge on any atom is 0.356 e. The number of hydrogen-bond acceptors (Lipinski definition) is 6. The van der Waals surface area contributed by atoms with Crippen molar-refractivity contribution in [2.75, 3.05) is 31.2 Å². The number of aromatic nitrogens is 2. The molecule has 8 nitrogen and oxygen atoms in total. The summed E-state index contributed by atoms with van der Waals surface area (Å²) in [4.78, 5) is 24.7. The first-order chi connectivity index (χ1) is 10.1. The van der Waals surface area contributed by atoms with Crippen LogP contribution in [0.4, 0.5) is 5.82 Å². The van der Waals surface area contributed by atoms with Crippen molar-refractivity contribution in [3.8, 4) is 0 Å². The van der Waals surface area contributed by atoms with Crippen LogP contribution >= 0.6 is 0 Å².